The first-order valence-corrected chi connectivity index (χ1v) is 12.5. The zero-order chi connectivity index (χ0) is 22.7. The van der Waals surface area contributed by atoms with Crippen LogP contribution in [0.5, 0.6) is 5.75 Å². The third kappa shape index (κ3) is 5.01. The van der Waals surface area contributed by atoms with Crippen LogP contribution >= 0.6 is 0 Å². The Bertz CT molecular complexity index is 1000. The normalized spacial score (nSPS) is 22.1. The van der Waals surface area contributed by atoms with Gasteiger partial charge in [-0.25, -0.2) is 4.68 Å². The number of para-hydroxylation sites is 2. The molecule has 1 spiro atoms. The Morgan fingerprint density at radius 2 is 2.09 bits per heavy atom. The van der Waals surface area contributed by atoms with Crippen LogP contribution in [0, 0.1) is 11.3 Å². The molecular formula is C27H36N4O2. The second kappa shape index (κ2) is 9.72. The van der Waals surface area contributed by atoms with Crippen LogP contribution in [0.1, 0.15) is 56.9 Å². The van der Waals surface area contributed by atoms with Crippen molar-refractivity contribution < 1.29 is 9.53 Å². The van der Waals surface area contributed by atoms with Gasteiger partial charge in [0, 0.05) is 30.8 Å². The lowest BCUT2D eigenvalue weighted by Gasteiger charge is -2.32. The van der Waals surface area contributed by atoms with Gasteiger partial charge < -0.3 is 10.1 Å². The van der Waals surface area contributed by atoms with Gasteiger partial charge in [-0.1, -0.05) is 23.8 Å². The number of benzene rings is 1. The number of carbonyl (C=O) groups excluding carboxylic acids is 1. The quantitative estimate of drug-likeness (QED) is 0.605. The fourth-order valence-corrected chi connectivity index (χ4v) is 5.68. The first kappa shape index (κ1) is 22.2. The second-order valence-electron chi connectivity index (χ2n) is 10.0. The van der Waals surface area contributed by atoms with Crippen molar-refractivity contribution in [2.24, 2.45) is 11.3 Å². The minimum atomic E-state index is 0.230. The van der Waals surface area contributed by atoms with E-state index in [4.69, 9.17) is 4.74 Å². The summed E-state index contributed by atoms with van der Waals surface area (Å²) in [5, 5.41) is 7.78. The van der Waals surface area contributed by atoms with Crippen molar-refractivity contribution >= 4 is 5.91 Å². The Labute approximate surface area is 197 Å². The standard InChI is InChI=1S/C27H36N4O2/c1-33-25-10-6-5-9-24(25)31-20-22(18-29-31)19-30-15-12-27(13-16-30)17-23(27)26(32)28-14-11-21-7-3-2-4-8-21/h5-7,9-10,18,20,23H,2-4,8,11-17,19H2,1H3,(H,28,32)/t23-/m0/s1. The number of allylic oxidation sites excluding steroid dienone is 1. The highest BCUT2D eigenvalue weighted by Gasteiger charge is 2.58. The van der Waals surface area contributed by atoms with Crippen LogP contribution in [-0.4, -0.2) is 47.3 Å². The molecule has 1 amide bonds. The summed E-state index contributed by atoms with van der Waals surface area (Å²) in [6, 6.07) is 7.94. The van der Waals surface area contributed by atoms with Crippen molar-refractivity contribution in [3.05, 3.63) is 53.9 Å². The van der Waals surface area contributed by atoms with Crippen LogP contribution < -0.4 is 10.1 Å². The van der Waals surface area contributed by atoms with Crippen molar-refractivity contribution in [3.63, 3.8) is 0 Å². The Morgan fingerprint density at radius 3 is 2.88 bits per heavy atom. The summed E-state index contributed by atoms with van der Waals surface area (Å²) in [5.74, 6) is 1.34. The number of rotatable bonds is 8. The summed E-state index contributed by atoms with van der Waals surface area (Å²) in [6.45, 7) is 3.81. The van der Waals surface area contributed by atoms with Crippen molar-refractivity contribution in [3.8, 4) is 11.4 Å². The second-order valence-corrected chi connectivity index (χ2v) is 10.0. The maximum Gasteiger partial charge on any atom is 0.223 e. The number of piperidine rings is 1. The van der Waals surface area contributed by atoms with Crippen molar-refractivity contribution in [2.45, 2.75) is 57.9 Å². The Balaban J connectivity index is 1.08. The number of carbonyl (C=O) groups is 1. The third-order valence-corrected chi connectivity index (χ3v) is 7.86. The van der Waals surface area contributed by atoms with E-state index in [1.165, 1.54) is 36.8 Å². The number of nitrogens with one attached hydrogen (secondary N) is 1. The predicted molar refractivity (Wildman–Crippen MR) is 129 cm³/mol. The van der Waals surface area contributed by atoms with Crippen LogP contribution in [0.15, 0.2) is 48.3 Å². The monoisotopic (exact) mass is 448 g/mol. The van der Waals surface area contributed by atoms with Gasteiger partial charge in [0.15, 0.2) is 0 Å². The van der Waals surface area contributed by atoms with Crippen LogP contribution in [0.3, 0.4) is 0 Å². The summed E-state index contributed by atoms with van der Waals surface area (Å²) < 4.78 is 7.36. The van der Waals surface area contributed by atoms with Crippen molar-refractivity contribution in [1.29, 1.82) is 0 Å². The first-order valence-electron chi connectivity index (χ1n) is 12.5. The molecule has 1 saturated heterocycles. The summed E-state index contributed by atoms with van der Waals surface area (Å²) >= 11 is 0. The highest BCUT2D eigenvalue weighted by atomic mass is 16.5. The maximum absolute atomic E-state index is 12.7. The lowest BCUT2D eigenvalue weighted by molar-refractivity contribution is -0.123. The lowest BCUT2D eigenvalue weighted by atomic mass is 9.90. The van der Waals surface area contributed by atoms with E-state index in [1.54, 1.807) is 7.11 Å². The largest absolute Gasteiger partial charge is 0.494 e. The number of nitrogens with zero attached hydrogens (tertiary/aromatic N) is 3. The zero-order valence-electron chi connectivity index (χ0n) is 19.8. The molecule has 6 heteroatoms. The molecule has 33 heavy (non-hydrogen) atoms. The molecule has 0 bridgehead atoms. The summed E-state index contributed by atoms with van der Waals surface area (Å²) in [5.41, 5.74) is 3.95. The van der Waals surface area contributed by atoms with Crippen LogP contribution in [0.25, 0.3) is 5.69 Å². The molecular weight excluding hydrogens is 412 g/mol. The average Bonchev–Trinajstić information content (AvgIpc) is 3.36. The van der Waals surface area contributed by atoms with Gasteiger partial charge in [0.1, 0.15) is 11.4 Å². The van der Waals surface area contributed by atoms with Crippen LogP contribution in [0.2, 0.25) is 0 Å². The molecule has 1 aliphatic heterocycles. The molecule has 2 aliphatic carbocycles. The Hall–Kier alpha value is -2.60. The molecule has 1 aromatic heterocycles. The summed E-state index contributed by atoms with van der Waals surface area (Å²) in [4.78, 5) is 15.2. The van der Waals surface area contributed by atoms with Gasteiger partial charge in [-0.15, -0.1) is 0 Å². The van der Waals surface area contributed by atoms with Gasteiger partial charge in [-0.05, 0) is 82.0 Å². The predicted octanol–water partition coefficient (Wildman–Crippen LogP) is 4.49. The molecule has 1 saturated carbocycles. The average molecular weight is 449 g/mol. The molecule has 6 nitrogen and oxygen atoms in total. The van der Waals surface area contributed by atoms with Gasteiger partial charge in [-0.2, -0.15) is 5.10 Å². The van der Waals surface area contributed by atoms with Gasteiger partial charge in [-0.3, -0.25) is 9.69 Å². The Kier molecular flexibility index (Phi) is 6.54. The first-order chi connectivity index (χ1) is 16.2. The van der Waals surface area contributed by atoms with E-state index in [0.717, 1.165) is 63.3 Å². The molecule has 0 unspecified atom stereocenters. The third-order valence-electron chi connectivity index (χ3n) is 7.86. The highest BCUT2D eigenvalue weighted by Crippen LogP contribution is 2.59. The fraction of sp³-hybridized carbons (Fsp3) is 0.556. The van der Waals surface area contributed by atoms with E-state index in [-0.39, 0.29) is 17.2 Å². The SMILES string of the molecule is COc1ccccc1-n1cc(CN2CCC3(CC2)C[C@H]3C(=O)NCCC2=CCCCC2)cn1. The van der Waals surface area contributed by atoms with Crippen LogP contribution in [0.4, 0.5) is 0 Å². The van der Waals surface area contributed by atoms with Crippen molar-refractivity contribution in [1.82, 2.24) is 20.0 Å². The molecule has 2 heterocycles. The van der Waals surface area contributed by atoms with Crippen molar-refractivity contribution in [2.75, 3.05) is 26.7 Å². The minimum Gasteiger partial charge on any atom is -0.494 e. The number of ether oxygens (including phenoxy) is 1. The van der Waals surface area contributed by atoms with Gasteiger partial charge in [0.2, 0.25) is 5.91 Å². The topological polar surface area (TPSA) is 59.4 Å². The smallest absolute Gasteiger partial charge is 0.223 e. The molecule has 2 aromatic rings. The van der Waals surface area contributed by atoms with E-state index in [2.05, 4.69) is 27.6 Å². The number of methoxy groups -OCH3 is 1. The van der Waals surface area contributed by atoms with Gasteiger partial charge in [0.25, 0.3) is 0 Å². The van der Waals surface area contributed by atoms with Gasteiger partial charge in [0.05, 0.1) is 13.3 Å². The molecule has 1 atom stereocenters. The molecule has 1 aromatic carbocycles. The summed E-state index contributed by atoms with van der Waals surface area (Å²) in [6.07, 6.45) is 15.8. The molecule has 5 rings (SSSR count). The number of amides is 1. The number of likely N-dealkylation sites (tertiary alicyclic amines) is 1. The Morgan fingerprint density at radius 1 is 1.24 bits per heavy atom. The number of aromatic nitrogens is 2. The minimum absolute atomic E-state index is 0.230. The molecule has 2 fully saturated rings. The van der Waals surface area contributed by atoms with E-state index >= 15 is 0 Å². The van der Waals surface area contributed by atoms with E-state index in [9.17, 15) is 4.79 Å². The van der Waals surface area contributed by atoms with E-state index in [1.807, 2.05) is 35.1 Å². The van der Waals surface area contributed by atoms with Gasteiger partial charge >= 0.3 is 0 Å². The number of hydrogen-bond donors (Lipinski definition) is 1. The highest BCUT2D eigenvalue weighted by molar-refractivity contribution is 5.82. The van der Waals surface area contributed by atoms with Crippen LogP contribution in [-0.2, 0) is 11.3 Å². The number of hydrogen-bond acceptors (Lipinski definition) is 4. The summed E-state index contributed by atoms with van der Waals surface area (Å²) in [7, 11) is 1.69. The fourth-order valence-electron chi connectivity index (χ4n) is 5.68. The van der Waals surface area contributed by atoms with E-state index in [0.29, 0.717) is 0 Å². The molecule has 176 valence electrons. The van der Waals surface area contributed by atoms with E-state index < -0.39 is 0 Å². The maximum atomic E-state index is 12.7. The molecule has 3 aliphatic rings. The molecule has 0 radical (unpaired) electrons. The zero-order valence-corrected chi connectivity index (χ0v) is 19.8. The lowest BCUT2D eigenvalue weighted by Crippen LogP contribution is -2.36. The molecule has 1 N–H and O–H groups in total.